The van der Waals surface area contributed by atoms with Crippen LogP contribution in [0.25, 0.3) is 22.6 Å². The first-order valence-corrected chi connectivity index (χ1v) is 4.74. The molecule has 0 aliphatic carbocycles. The molecule has 0 aliphatic heterocycles. The van der Waals surface area contributed by atoms with Gasteiger partial charge in [0, 0.05) is 19.4 Å². The molecule has 0 N–H and O–H groups in total. The minimum Gasteiger partial charge on any atom is -0.331 e. The highest BCUT2D eigenvalue weighted by Gasteiger charge is 2.06. The van der Waals surface area contributed by atoms with Gasteiger partial charge < -0.3 is 4.57 Å². The highest BCUT2D eigenvalue weighted by atomic mass is 15.1. The van der Waals surface area contributed by atoms with Crippen LogP contribution >= 0.6 is 0 Å². The van der Waals surface area contributed by atoms with Crippen molar-refractivity contribution in [2.24, 2.45) is 7.05 Å². The second-order valence-corrected chi connectivity index (χ2v) is 3.39. The molecule has 6 heteroatoms. The summed E-state index contributed by atoms with van der Waals surface area (Å²) in [5, 5.41) is 0. The smallest absolute Gasteiger partial charge is 0.181 e. The van der Waals surface area contributed by atoms with Gasteiger partial charge in [-0.1, -0.05) is 0 Å². The van der Waals surface area contributed by atoms with Gasteiger partial charge in [-0.3, -0.25) is 0 Å². The first-order chi connectivity index (χ1) is 7.84. The van der Waals surface area contributed by atoms with E-state index in [0.717, 1.165) is 11.1 Å². The van der Waals surface area contributed by atoms with Crippen molar-refractivity contribution in [2.75, 3.05) is 0 Å². The standard InChI is InChI=1S/C10H8N6/c1-16-6-14-10-8(16)4-13-9(15-10)7-2-11-5-12-3-7/h2-6H,1H3. The number of hydrogen-bond acceptors (Lipinski definition) is 5. The third-order valence-electron chi connectivity index (χ3n) is 2.30. The van der Waals surface area contributed by atoms with E-state index >= 15 is 0 Å². The summed E-state index contributed by atoms with van der Waals surface area (Å²) in [6, 6.07) is 0. The summed E-state index contributed by atoms with van der Waals surface area (Å²) < 4.78 is 1.88. The molecule has 0 saturated carbocycles. The van der Waals surface area contributed by atoms with Crippen molar-refractivity contribution in [3.8, 4) is 11.4 Å². The van der Waals surface area contributed by atoms with E-state index in [0.29, 0.717) is 11.5 Å². The van der Waals surface area contributed by atoms with Gasteiger partial charge in [0.25, 0.3) is 0 Å². The van der Waals surface area contributed by atoms with Gasteiger partial charge in [0.05, 0.1) is 18.1 Å². The van der Waals surface area contributed by atoms with Gasteiger partial charge in [0.15, 0.2) is 11.5 Å². The van der Waals surface area contributed by atoms with Gasteiger partial charge in [-0.05, 0) is 0 Å². The molecule has 0 unspecified atom stereocenters. The van der Waals surface area contributed by atoms with Crippen LogP contribution in [0.1, 0.15) is 0 Å². The predicted molar refractivity (Wildman–Crippen MR) is 57.3 cm³/mol. The highest BCUT2D eigenvalue weighted by molar-refractivity contribution is 5.72. The SMILES string of the molecule is Cn1cnc2nc(-c3cncnc3)ncc21. The zero-order chi connectivity index (χ0) is 11.0. The summed E-state index contributed by atoms with van der Waals surface area (Å²) >= 11 is 0. The van der Waals surface area contributed by atoms with Crippen LogP contribution in [0.15, 0.2) is 31.2 Å². The number of hydrogen-bond donors (Lipinski definition) is 0. The van der Waals surface area contributed by atoms with Crippen molar-refractivity contribution in [3.05, 3.63) is 31.2 Å². The van der Waals surface area contributed by atoms with Crippen LogP contribution in [-0.4, -0.2) is 29.5 Å². The van der Waals surface area contributed by atoms with Crippen LogP contribution in [0.4, 0.5) is 0 Å². The number of aryl methyl sites for hydroxylation is 1. The molecule has 6 nitrogen and oxygen atoms in total. The quantitative estimate of drug-likeness (QED) is 0.597. The topological polar surface area (TPSA) is 69.4 Å². The number of fused-ring (bicyclic) bond motifs is 1. The lowest BCUT2D eigenvalue weighted by Crippen LogP contribution is -1.92. The number of rotatable bonds is 1. The Kier molecular flexibility index (Phi) is 1.86. The van der Waals surface area contributed by atoms with E-state index in [1.807, 2.05) is 11.6 Å². The van der Waals surface area contributed by atoms with Gasteiger partial charge in [-0.2, -0.15) is 0 Å². The van der Waals surface area contributed by atoms with Crippen LogP contribution in [0, 0.1) is 0 Å². The molecule has 16 heavy (non-hydrogen) atoms. The van der Waals surface area contributed by atoms with Gasteiger partial charge in [-0.15, -0.1) is 0 Å². The summed E-state index contributed by atoms with van der Waals surface area (Å²) in [5.41, 5.74) is 2.37. The summed E-state index contributed by atoms with van der Waals surface area (Å²) in [4.78, 5) is 20.6. The largest absolute Gasteiger partial charge is 0.331 e. The normalized spacial score (nSPS) is 10.8. The van der Waals surface area contributed by atoms with E-state index in [-0.39, 0.29) is 0 Å². The van der Waals surface area contributed by atoms with Crippen molar-refractivity contribution >= 4 is 11.2 Å². The lowest BCUT2D eigenvalue weighted by molar-refractivity contribution is 0.944. The molecule has 0 saturated heterocycles. The first-order valence-electron chi connectivity index (χ1n) is 4.74. The second-order valence-electron chi connectivity index (χ2n) is 3.39. The first kappa shape index (κ1) is 8.90. The zero-order valence-electron chi connectivity index (χ0n) is 8.57. The molecule has 0 aromatic carbocycles. The van der Waals surface area contributed by atoms with E-state index in [1.165, 1.54) is 6.33 Å². The Morgan fingerprint density at radius 1 is 1.06 bits per heavy atom. The maximum Gasteiger partial charge on any atom is 0.181 e. The van der Waals surface area contributed by atoms with E-state index in [2.05, 4.69) is 24.9 Å². The van der Waals surface area contributed by atoms with Crippen molar-refractivity contribution in [1.29, 1.82) is 0 Å². The molecule has 0 spiro atoms. The molecule has 0 amide bonds. The summed E-state index contributed by atoms with van der Waals surface area (Å²) in [6.07, 6.45) is 8.29. The third kappa shape index (κ3) is 1.31. The molecule has 3 aromatic rings. The molecule has 0 atom stereocenters. The van der Waals surface area contributed by atoms with E-state index in [1.54, 1.807) is 24.9 Å². The maximum absolute atomic E-state index is 4.34. The molecule has 3 heterocycles. The molecule has 0 fully saturated rings. The average Bonchev–Trinajstić information content (AvgIpc) is 2.72. The van der Waals surface area contributed by atoms with Crippen LogP contribution in [0.5, 0.6) is 0 Å². The number of aromatic nitrogens is 6. The van der Waals surface area contributed by atoms with Crippen molar-refractivity contribution < 1.29 is 0 Å². The molecule has 78 valence electrons. The lowest BCUT2D eigenvalue weighted by Gasteiger charge is -1.98. The minimum absolute atomic E-state index is 0.590. The molecule has 0 radical (unpaired) electrons. The summed E-state index contributed by atoms with van der Waals surface area (Å²) in [5.74, 6) is 0.590. The van der Waals surface area contributed by atoms with Crippen LogP contribution < -0.4 is 0 Å². The molecule has 0 bridgehead atoms. The minimum atomic E-state index is 0.590. The fraction of sp³-hybridized carbons (Fsp3) is 0.100. The maximum atomic E-state index is 4.34. The molecule has 3 rings (SSSR count). The van der Waals surface area contributed by atoms with Crippen molar-refractivity contribution in [2.45, 2.75) is 0 Å². The Labute approximate surface area is 91.1 Å². The van der Waals surface area contributed by atoms with E-state index in [9.17, 15) is 0 Å². The lowest BCUT2D eigenvalue weighted by atomic mass is 10.3. The Morgan fingerprint density at radius 3 is 2.69 bits per heavy atom. The average molecular weight is 212 g/mol. The monoisotopic (exact) mass is 212 g/mol. The number of imidazole rings is 1. The van der Waals surface area contributed by atoms with Crippen molar-refractivity contribution in [3.63, 3.8) is 0 Å². The molecular formula is C10H8N6. The predicted octanol–water partition coefficient (Wildman–Crippen LogP) is 0.820. The van der Waals surface area contributed by atoms with Crippen molar-refractivity contribution in [1.82, 2.24) is 29.5 Å². The Hall–Kier alpha value is -2.37. The summed E-state index contributed by atoms with van der Waals surface area (Å²) in [7, 11) is 1.91. The molecule has 0 aliphatic rings. The van der Waals surface area contributed by atoms with Crippen LogP contribution in [0.2, 0.25) is 0 Å². The fourth-order valence-corrected chi connectivity index (χ4v) is 1.47. The third-order valence-corrected chi connectivity index (χ3v) is 2.30. The molecule has 3 aromatic heterocycles. The van der Waals surface area contributed by atoms with Gasteiger partial charge >= 0.3 is 0 Å². The van der Waals surface area contributed by atoms with Crippen LogP contribution in [0.3, 0.4) is 0 Å². The van der Waals surface area contributed by atoms with Gasteiger partial charge in [-0.25, -0.2) is 24.9 Å². The number of nitrogens with zero attached hydrogens (tertiary/aromatic N) is 6. The second kappa shape index (κ2) is 3.34. The van der Waals surface area contributed by atoms with Crippen LogP contribution in [-0.2, 0) is 7.05 Å². The Morgan fingerprint density at radius 2 is 1.88 bits per heavy atom. The van der Waals surface area contributed by atoms with Gasteiger partial charge in [0.2, 0.25) is 0 Å². The van der Waals surface area contributed by atoms with Gasteiger partial charge in [0.1, 0.15) is 11.8 Å². The van der Waals surface area contributed by atoms with E-state index in [4.69, 9.17) is 0 Å². The Balaban J connectivity index is 2.19. The molecular weight excluding hydrogens is 204 g/mol. The van der Waals surface area contributed by atoms with E-state index < -0.39 is 0 Å². The fourth-order valence-electron chi connectivity index (χ4n) is 1.47. The Bertz CT molecular complexity index is 630. The summed E-state index contributed by atoms with van der Waals surface area (Å²) in [6.45, 7) is 0. The highest BCUT2D eigenvalue weighted by Crippen LogP contribution is 2.14. The zero-order valence-corrected chi connectivity index (χ0v) is 8.57.